The summed E-state index contributed by atoms with van der Waals surface area (Å²) in [6.07, 6.45) is 3.76. The van der Waals surface area contributed by atoms with Crippen molar-refractivity contribution in [2.75, 3.05) is 11.9 Å². The Morgan fingerprint density at radius 1 is 0.960 bits per heavy atom. The first kappa shape index (κ1) is 16.9. The Bertz CT molecular complexity index is 820. The molecule has 3 aromatic rings. The third-order valence-corrected chi connectivity index (χ3v) is 3.80. The number of aromatic nitrogens is 2. The normalized spacial score (nSPS) is 10.3. The predicted molar refractivity (Wildman–Crippen MR) is 99.2 cm³/mol. The van der Waals surface area contributed by atoms with Gasteiger partial charge >= 0.3 is 0 Å². The van der Waals surface area contributed by atoms with E-state index in [1.165, 1.54) is 18.0 Å². The van der Waals surface area contributed by atoms with E-state index in [4.69, 9.17) is 11.6 Å². The molecule has 0 saturated carbocycles. The molecule has 0 spiro atoms. The van der Waals surface area contributed by atoms with Crippen LogP contribution in [0.3, 0.4) is 0 Å². The maximum atomic E-state index is 12.1. The highest BCUT2D eigenvalue weighted by atomic mass is 35.5. The molecule has 0 bridgehead atoms. The zero-order valence-electron chi connectivity index (χ0n) is 13.4. The number of rotatable bonds is 6. The van der Waals surface area contributed by atoms with E-state index in [0.717, 1.165) is 12.1 Å². The first-order valence-corrected chi connectivity index (χ1v) is 8.25. The SMILES string of the molecule is O=C(NCCc1ccccc1)c1cnc(Nc2ccc(Cl)cc2)cn1. The van der Waals surface area contributed by atoms with Gasteiger partial charge in [-0.1, -0.05) is 41.9 Å². The zero-order chi connectivity index (χ0) is 17.5. The smallest absolute Gasteiger partial charge is 0.271 e. The van der Waals surface area contributed by atoms with Crippen LogP contribution >= 0.6 is 11.6 Å². The molecule has 6 heteroatoms. The van der Waals surface area contributed by atoms with Gasteiger partial charge in [-0.05, 0) is 36.2 Å². The van der Waals surface area contributed by atoms with Gasteiger partial charge in [0.25, 0.3) is 5.91 Å². The summed E-state index contributed by atoms with van der Waals surface area (Å²) in [5.74, 6) is 0.324. The van der Waals surface area contributed by atoms with E-state index in [0.29, 0.717) is 17.4 Å². The number of hydrogen-bond donors (Lipinski definition) is 2. The molecular formula is C19H17ClN4O. The first-order chi connectivity index (χ1) is 12.2. The molecular weight excluding hydrogens is 336 g/mol. The van der Waals surface area contributed by atoms with E-state index in [-0.39, 0.29) is 11.6 Å². The third-order valence-electron chi connectivity index (χ3n) is 3.54. The van der Waals surface area contributed by atoms with Crippen molar-refractivity contribution >= 4 is 29.0 Å². The Hall–Kier alpha value is -2.92. The average molecular weight is 353 g/mol. The molecule has 1 amide bonds. The van der Waals surface area contributed by atoms with Gasteiger partial charge in [-0.3, -0.25) is 4.79 Å². The largest absolute Gasteiger partial charge is 0.350 e. The minimum Gasteiger partial charge on any atom is -0.350 e. The summed E-state index contributed by atoms with van der Waals surface area (Å²) in [6.45, 7) is 0.551. The van der Waals surface area contributed by atoms with E-state index < -0.39 is 0 Å². The second-order valence-corrected chi connectivity index (χ2v) is 5.85. The van der Waals surface area contributed by atoms with E-state index in [9.17, 15) is 4.79 Å². The fraction of sp³-hybridized carbons (Fsp3) is 0.105. The first-order valence-electron chi connectivity index (χ1n) is 7.87. The van der Waals surface area contributed by atoms with Crippen LogP contribution in [-0.2, 0) is 6.42 Å². The summed E-state index contributed by atoms with van der Waals surface area (Å²) in [6, 6.07) is 17.2. The van der Waals surface area contributed by atoms with Crippen LogP contribution in [0.25, 0.3) is 0 Å². The van der Waals surface area contributed by atoms with Crippen molar-refractivity contribution in [2.24, 2.45) is 0 Å². The number of nitrogens with one attached hydrogen (secondary N) is 2. The maximum absolute atomic E-state index is 12.1. The zero-order valence-corrected chi connectivity index (χ0v) is 14.2. The molecule has 0 saturated heterocycles. The lowest BCUT2D eigenvalue weighted by Crippen LogP contribution is -2.26. The molecule has 2 N–H and O–H groups in total. The van der Waals surface area contributed by atoms with Crippen LogP contribution < -0.4 is 10.6 Å². The standard InChI is InChI=1S/C19H17ClN4O/c20-15-6-8-16(9-7-15)24-18-13-22-17(12-23-18)19(25)21-11-10-14-4-2-1-3-5-14/h1-9,12-13H,10-11H2,(H,21,25)(H,23,24). The van der Waals surface area contributed by atoms with Gasteiger partial charge in [0.1, 0.15) is 11.5 Å². The van der Waals surface area contributed by atoms with Crippen LogP contribution in [0.4, 0.5) is 11.5 Å². The Morgan fingerprint density at radius 3 is 2.40 bits per heavy atom. The highest BCUT2D eigenvalue weighted by Gasteiger charge is 2.07. The van der Waals surface area contributed by atoms with Gasteiger partial charge in [0.2, 0.25) is 0 Å². The van der Waals surface area contributed by atoms with E-state index >= 15 is 0 Å². The second kappa shape index (κ2) is 8.26. The van der Waals surface area contributed by atoms with E-state index in [1.54, 1.807) is 12.1 Å². The maximum Gasteiger partial charge on any atom is 0.271 e. The van der Waals surface area contributed by atoms with Gasteiger partial charge in [-0.15, -0.1) is 0 Å². The van der Waals surface area contributed by atoms with Crippen LogP contribution in [-0.4, -0.2) is 22.4 Å². The van der Waals surface area contributed by atoms with Crippen molar-refractivity contribution in [1.82, 2.24) is 15.3 Å². The van der Waals surface area contributed by atoms with Crippen LogP contribution in [0.2, 0.25) is 5.02 Å². The lowest BCUT2D eigenvalue weighted by Gasteiger charge is -2.07. The molecule has 0 atom stereocenters. The number of halogens is 1. The highest BCUT2D eigenvalue weighted by Crippen LogP contribution is 2.16. The fourth-order valence-corrected chi connectivity index (χ4v) is 2.37. The molecule has 0 aliphatic carbocycles. The molecule has 126 valence electrons. The molecule has 2 aromatic carbocycles. The molecule has 0 fully saturated rings. The fourth-order valence-electron chi connectivity index (χ4n) is 2.25. The summed E-state index contributed by atoms with van der Waals surface area (Å²) < 4.78 is 0. The Balaban J connectivity index is 1.52. The summed E-state index contributed by atoms with van der Waals surface area (Å²) in [4.78, 5) is 20.5. The molecule has 0 unspecified atom stereocenters. The van der Waals surface area contributed by atoms with Gasteiger partial charge < -0.3 is 10.6 Å². The van der Waals surface area contributed by atoms with Crippen molar-refractivity contribution in [3.05, 3.63) is 83.3 Å². The van der Waals surface area contributed by atoms with Gasteiger partial charge in [0.15, 0.2) is 0 Å². The van der Waals surface area contributed by atoms with Gasteiger partial charge in [0.05, 0.1) is 12.4 Å². The van der Waals surface area contributed by atoms with E-state index in [2.05, 4.69) is 20.6 Å². The monoisotopic (exact) mass is 352 g/mol. The number of anilines is 2. The van der Waals surface area contributed by atoms with Crippen molar-refractivity contribution in [3.63, 3.8) is 0 Å². The summed E-state index contributed by atoms with van der Waals surface area (Å²) >= 11 is 5.85. The summed E-state index contributed by atoms with van der Waals surface area (Å²) in [5, 5.41) is 6.61. The Kier molecular flexibility index (Phi) is 5.59. The molecule has 0 aliphatic heterocycles. The Labute approximate surface area is 151 Å². The molecule has 1 aromatic heterocycles. The number of amides is 1. The second-order valence-electron chi connectivity index (χ2n) is 5.41. The van der Waals surface area contributed by atoms with Gasteiger partial charge in [-0.2, -0.15) is 0 Å². The van der Waals surface area contributed by atoms with Crippen LogP contribution in [0, 0.1) is 0 Å². The molecule has 0 aliphatic rings. The molecule has 1 heterocycles. The van der Waals surface area contributed by atoms with Crippen molar-refractivity contribution in [2.45, 2.75) is 6.42 Å². The van der Waals surface area contributed by atoms with E-state index in [1.807, 2.05) is 42.5 Å². The topological polar surface area (TPSA) is 66.9 Å². The number of carbonyl (C=O) groups excluding carboxylic acids is 1. The number of benzene rings is 2. The molecule has 5 nitrogen and oxygen atoms in total. The van der Waals surface area contributed by atoms with Crippen LogP contribution in [0.15, 0.2) is 67.0 Å². The van der Waals surface area contributed by atoms with Crippen molar-refractivity contribution in [1.29, 1.82) is 0 Å². The van der Waals surface area contributed by atoms with Gasteiger partial charge in [0, 0.05) is 17.3 Å². The quantitative estimate of drug-likeness (QED) is 0.707. The number of carbonyl (C=O) groups is 1. The lowest BCUT2D eigenvalue weighted by molar-refractivity contribution is 0.0949. The lowest BCUT2D eigenvalue weighted by atomic mass is 10.1. The highest BCUT2D eigenvalue weighted by molar-refractivity contribution is 6.30. The predicted octanol–water partition coefficient (Wildman–Crippen LogP) is 3.85. The molecule has 3 rings (SSSR count). The summed E-state index contributed by atoms with van der Waals surface area (Å²) in [5.41, 5.74) is 2.31. The minimum absolute atomic E-state index is 0.235. The van der Waals surface area contributed by atoms with Crippen LogP contribution in [0.5, 0.6) is 0 Å². The van der Waals surface area contributed by atoms with Crippen molar-refractivity contribution < 1.29 is 4.79 Å². The number of nitrogens with zero attached hydrogens (tertiary/aromatic N) is 2. The molecule has 25 heavy (non-hydrogen) atoms. The van der Waals surface area contributed by atoms with Crippen molar-refractivity contribution in [3.8, 4) is 0 Å². The van der Waals surface area contributed by atoms with Gasteiger partial charge in [-0.25, -0.2) is 9.97 Å². The third kappa shape index (κ3) is 5.02. The number of hydrogen-bond acceptors (Lipinski definition) is 4. The average Bonchev–Trinajstić information content (AvgIpc) is 2.65. The summed E-state index contributed by atoms with van der Waals surface area (Å²) in [7, 11) is 0. The van der Waals surface area contributed by atoms with Crippen LogP contribution in [0.1, 0.15) is 16.1 Å². The molecule has 0 radical (unpaired) electrons. The Morgan fingerprint density at radius 2 is 1.72 bits per heavy atom. The minimum atomic E-state index is -0.235.